The molecule has 104 valence electrons. The second-order valence-electron chi connectivity index (χ2n) is 5.46. The first-order chi connectivity index (χ1) is 9.06. The molecular weight excluding hydrogens is 304 g/mol. The fourth-order valence-corrected chi connectivity index (χ4v) is 2.80. The molecule has 1 atom stereocenters. The maximum Gasteiger partial charge on any atom is 0.320 e. The average molecular weight is 325 g/mol. The molecule has 0 saturated carbocycles. The molecule has 2 amide bonds. The molecule has 1 aromatic rings. The van der Waals surface area contributed by atoms with E-state index in [9.17, 15) is 4.79 Å². The topological polar surface area (TPSA) is 23.6 Å². The Morgan fingerprint density at radius 2 is 2.11 bits per heavy atom. The van der Waals surface area contributed by atoms with E-state index in [4.69, 9.17) is 0 Å². The number of hydrogen-bond donors (Lipinski definition) is 0. The Kier molecular flexibility index (Phi) is 4.86. The Morgan fingerprint density at radius 3 is 2.74 bits per heavy atom. The standard InChI is InChI=1S/C15H21BrN2O/c1-12-4-3-9-18(10-12)15(19)17(2)11-13-5-7-14(16)8-6-13/h5-8,12H,3-4,9-11H2,1-2H3. The van der Waals surface area contributed by atoms with Gasteiger partial charge in [0.25, 0.3) is 0 Å². The van der Waals surface area contributed by atoms with Crippen LogP contribution in [-0.4, -0.2) is 36.0 Å². The number of amides is 2. The quantitative estimate of drug-likeness (QED) is 0.813. The minimum Gasteiger partial charge on any atom is -0.324 e. The van der Waals surface area contributed by atoms with Gasteiger partial charge in [0.2, 0.25) is 0 Å². The fraction of sp³-hybridized carbons (Fsp3) is 0.533. The van der Waals surface area contributed by atoms with E-state index in [1.54, 1.807) is 4.90 Å². The highest BCUT2D eigenvalue weighted by Gasteiger charge is 2.23. The van der Waals surface area contributed by atoms with E-state index in [-0.39, 0.29) is 6.03 Å². The molecule has 2 rings (SSSR count). The molecule has 0 aliphatic carbocycles. The second kappa shape index (κ2) is 6.42. The SMILES string of the molecule is CC1CCCN(C(=O)N(C)Cc2ccc(Br)cc2)C1. The van der Waals surface area contributed by atoms with Gasteiger partial charge in [0.05, 0.1) is 0 Å². The Morgan fingerprint density at radius 1 is 1.42 bits per heavy atom. The van der Waals surface area contributed by atoms with Gasteiger partial charge in [-0.25, -0.2) is 4.79 Å². The number of carbonyl (C=O) groups excluding carboxylic acids is 1. The highest BCUT2D eigenvalue weighted by molar-refractivity contribution is 9.10. The Labute approximate surface area is 123 Å². The molecule has 1 aliphatic rings. The van der Waals surface area contributed by atoms with E-state index >= 15 is 0 Å². The predicted octanol–water partition coefficient (Wildman–Crippen LogP) is 3.73. The summed E-state index contributed by atoms with van der Waals surface area (Å²) in [6.07, 6.45) is 2.36. The lowest BCUT2D eigenvalue weighted by Crippen LogP contribution is -2.45. The zero-order valence-electron chi connectivity index (χ0n) is 11.6. The van der Waals surface area contributed by atoms with E-state index in [0.29, 0.717) is 12.5 Å². The second-order valence-corrected chi connectivity index (χ2v) is 6.37. The van der Waals surface area contributed by atoms with Gasteiger partial charge in [0.15, 0.2) is 0 Å². The summed E-state index contributed by atoms with van der Waals surface area (Å²) >= 11 is 3.42. The van der Waals surface area contributed by atoms with Gasteiger partial charge in [-0.15, -0.1) is 0 Å². The van der Waals surface area contributed by atoms with Gasteiger partial charge in [-0.3, -0.25) is 0 Å². The van der Waals surface area contributed by atoms with Crippen LogP contribution >= 0.6 is 15.9 Å². The highest BCUT2D eigenvalue weighted by atomic mass is 79.9. The van der Waals surface area contributed by atoms with Gasteiger partial charge >= 0.3 is 6.03 Å². The van der Waals surface area contributed by atoms with Gasteiger partial charge in [0.1, 0.15) is 0 Å². The molecule has 4 heteroatoms. The molecule has 1 aliphatic heterocycles. The highest BCUT2D eigenvalue weighted by Crippen LogP contribution is 2.18. The van der Waals surface area contributed by atoms with Crippen molar-refractivity contribution in [2.75, 3.05) is 20.1 Å². The van der Waals surface area contributed by atoms with E-state index in [1.807, 2.05) is 36.2 Å². The molecule has 0 N–H and O–H groups in total. The van der Waals surface area contributed by atoms with Crippen molar-refractivity contribution in [3.63, 3.8) is 0 Å². The van der Waals surface area contributed by atoms with Crippen LogP contribution in [0.25, 0.3) is 0 Å². The number of rotatable bonds is 2. The van der Waals surface area contributed by atoms with Gasteiger partial charge < -0.3 is 9.80 Å². The third-order valence-corrected chi connectivity index (χ3v) is 4.12. The van der Waals surface area contributed by atoms with Crippen LogP contribution in [0.2, 0.25) is 0 Å². The molecule has 0 aromatic heterocycles. The summed E-state index contributed by atoms with van der Waals surface area (Å²) in [5, 5.41) is 0. The Hall–Kier alpha value is -1.03. The van der Waals surface area contributed by atoms with Crippen molar-refractivity contribution < 1.29 is 4.79 Å². The summed E-state index contributed by atoms with van der Waals surface area (Å²) in [7, 11) is 1.88. The smallest absolute Gasteiger partial charge is 0.320 e. The minimum atomic E-state index is 0.148. The van der Waals surface area contributed by atoms with Crippen LogP contribution in [0.15, 0.2) is 28.7 Å². The molecule has 19 heavy (non-hydrogen) atoms. The summed E-state index contributed by atoms with van der Waals surface area (Å²) in [5.74, 6) is 0.624. The summed E-state index contributed by atoms with van der Waals surface area (Å²) in [5.41, 5.74) is 1.16. The molecule has 0 spiro atoms. The van der Waals surface area contributed by atoms with Crippen LogP contribution in [0, 0.1) is 5.92 Å². The minimum absolute atomic E-state index is 0.148. The normalized spacial score (nSPS) is 19.3. The summed E-state index contributed by atoms with van der Waals surface area (Å²) in [4.78, 5) is 16.1. The fourth-order valence-electron chi connectivity index (χ4n) is 2.54. The number of likely N-dealkylation sites (tertiary alicyclic amines) is 1. The molecule has 1 unspecified atom stereocenters. The molecule has 0 radical (unpaired) electrons. The Bertz CT molecular complexity index is 432. The van der Waals surface area contributed by atoms with Crippen molar-refractivity contribution >= 4 is 22.0 Å². The predicted molar refractivity (Wildman–Crippen MR) is 81.0 cm³/mol. The van der Waals surface area contributed by atoms with Crippen molar-refractivity contribution in [1.29, 1.82) is 0 Å². The number of benzene rings is 1. The van der Waals surface area contributed by atoms with Gasteiger partial charge in [-0.1, -0.05) is 35.0 Å². The van der Waals surface area contributed by atoms with Crippen molar-refractivity contribution in [2.24, 2.45) is 5.92 Å². The molecular formula is C15H21BrN2O. The number of halogens is 1. The van der Waals surface area contributed by atoms with Crippen LogP contribution < -0.4 is 0 Å². The van der Waals surface area contributed by atoms with Crippen LogP contribution in [0.5, 0.6) is 0 Å². The molecule has 1 aromatic carbocycles. The number of nitrogens with zero attached hydrogens (tertiary/aromatic N) is 2. The van der Waals surface area contributed by atoms with Gasteiger partial charge in [-0.2, -0.15) is 0 Å². The van der Waals surface area contributed by atoms with Crippen molar-refractivity contribution in [1.82, 2.24) is 9.80 Å². The van der Waals surface area contributed by atoms with Crippen LogP contribution in [-0.2, 0) is 6.54 Å². The van der Waals surface area contributed by atoms with Gasteiger partial charge in [-0.05, 0) is 36.5 Å². The van der Waals surface area contributed by atoms with Crippen LogP contribution in [0.3, 0.4) is 0 Å². The lowest BCUT2D eigenvalue weighted by Gasteiger charge is -2.34. The number of carbonyl (C=O) groups is 1. The van der Waals surface area contributed by atoms with Crippen molar-refractivity contribution in [3.05, 3.63) is 34.3 Å². The molecule has 1 saturated heterocycles. The summed E-state index contributed by atoms with van der Waals surface area (Å²) in [6.45, 7) is 4.67. The van der Waals surface area contributed by atoms with Crippen LogP contribution in [0.4, 0.5) is 4.79 Å². The van der Waals surface area contributed by atoms with E-state index in [1.165, 1.54) is 6.42 Å². The lowest BCUT2D eigenvalue weighted by atomic mass is 10.0. The number of hydrogen-bond acceptors (Lipinski definition) is 1. The first-order valence-corrected chi connectivity index (χ1v) is 7.60. The third-order valence-electron chi connectivity index (χ3n) is 3.59. The zero-order valence-corrected chi connectivity index (χ0v) is 13.2. The third kappa shape index (κ3) is 3.96. The van der Waals surface area contributed by atoms with E-state index in [2.05, 4.69) is 22.9 Å². The zero-order chi connectivity index (χ0) is 13.8. The maximum atomic E-state index is 12.4. The molecule has 3 nitrogen and oxygen atoms in total. The van der Waals surface area contributed by atoms with Crippen LogP contribution in [0.1, 0.15) is 25.3 Å². The average Bonchev–Trinajstić information content (AvgIpc) is 2.40. The molecule has 0 bridgehead atoms. The largest absolute Gasteiger partial charge is 0.324 e. The first-order valence-electron chi connectivity index (χ1n) is 6.80. The van der Waals surface area contributed by atoms with Crippen molar-refractivity contribution in [2.45, 2.75) is 26.3 Å². The molecule has 1 heterocycles. The lowest BCUT2D eigenvalue weighted by molar-refractivity contribution is 0.137. The summed E-state index contributed by atoms with van der Waals surface area (Å²) < 4.78 is 1.06. The van der Waals surface area contributed by atoms with E-state index in [0.717, 1.165) is 29.5 Å². The summed E-state index contributed by atoms with van der Waals surface area (Å²) in [6, 6.07) is 8.27. The van der Waals surface area contributed by atoms with Crippen molar-refractivity contribution in [3.8, 4) is 0 Å². The number of urea groups is 1. The first kappa shape index (κ1) is 14.4. The van der Waals surface area contributed by atoms with Gasteiger partial charge in [0, 0.05) is 31.2 Å². The Balaban J connectivity index is 1.93. The monoisotopic (exact) mass is 324 g/mol. The number of piperidine rings is 1. The maximum absolute atomic E-state index is 12.4. The molecule has 1 fully saturated rings. The van der Waals surface area contributed by atoms with E-state index < -0.39 is 0 Å².